The fourth-order valence-electron chi connectivity index (χ4n) is 16.0. The summed E-state index contributed by atoms with van der Waals surface area (Å²) < 4.78 is 28.5. The molecule has 12 aromatic heterocycles. The van der Waals surface area contributed by atoms with E-state index in [1.54, 1.807) is 99.8 Å². The second-order valence-corrected chi connectivity index (χ2v) is 36.2. The quantitative estimate of drug-likeness (QED) is 0.0241. The van der Waals surface area contributed by atoms with E-state index < -0.39 is 0 Å². The van der Waals surface area contributed by atoms with E-state index in [2.05, 4.69) is 134 Å². The number of hydrogen-bond acceptors (Lipinski definition) is 25. The van der Waals surface area contributed by atoms with E-state index in [9.17, 15) is 28.8 Å². The number of H-pyrrole nitrogens is 4. The molecule has 0 unspecified atom stereocenters. The molecule has 36 heteroatoms. The van der Waals surface area contributed by atoms with E-state index in [0.717, 1.165) is 138 Å². The molecule has 1 saturated heterocycles. The van der Waals surface area contributed by atoms with Crippen LogP contribution in [0.3, 0.4) is 0 Å². The van der Waals surface area contributed by atoms with Crippen LogP contribution in [0, 0.1) is 33.6 Å². The lowest BCUT2D eigenvalue weighted by Gasteiger charge is -2.28. The summed E-state index contributed by atoms with van der Waals surface area (Å²) in [5.74, 6) is 3.20. The van der Waals surface area contributed by atoms with Crippen molar-refractivity contribution >= 4 is 119 Å². The maximum absolute atomic E-state index is 13.1. The van der Waals surface area contributed by atoms with Crippen molar-refractivity contribution in [2.45, 2.75) is 47.1 Å². The van der Waals surface area contributed by atoms with Gasteiger partial charge in [-0.3, -0.25) is 64.3 Å². The minimum atomic E-state index is -0.382. The number of rotatable bonds is 26. The zero-order valence-electron chi connectivity index (χ0n) is 82.7. The van der Waals surface area contributed by atoms with E-state index >= 15 is 0 Å². The second kappa shape index (κ2) is 45.5. The van der Waals surface area contributed by atoms with Crippen LogP contribution in [0.2, 0.25) is 0 Å². The van der Waals surface area contributed by atoms with Crippen molar-refractivity contribution < 1.29 is 52.5 Å². The number of amides is 7. The fraction of sp³-hybridized carbons (Fsp3) is 0.140. The fourth-order valence-corrected chi connectivity index (χ4v) is 16.0. The number of urea groups is 1. The Balaban J connectivity index is 0.000000125. The molecule has 0 spiro atoms. The number of hydrogen-bond donors (Lipinski definition) is 10. The number of carbonyl (C=O) groups excluding carboxylic acids is 6. The highest BCUT2D eigenvalue weighted by atomic mass is 16.5. The summed E-state index contributed by atoms with van der Waals surface area (Å²) >= 11 is 0. The van der Waals surface area contributed by atoms with Gasteiger partial charge in [-0.2, -0.15) is 20.4 Å². The van der Waals surface area contributed by atoms with E-state index in [4.69, 9.17) is 23.7 Å². The molecule has 36 nitrogen and oxygen atoms in total. The molecule has 22 rings (SSSR count). The molecule has 0 bridgehead atoms. The summed E-state index contributed by atoms with van der Waals surface area (Å²) in [6, 6.07) is 75.2. The maximum Gasteiger partial charge on any atom is 0.321 e. The third kappa shape index (κ3) is 25.2. The third-order valence-corrected chi connectivity index (χ3v) is 24.1. The number of fused-ring (bicyclic) bond motifs is 4. The van der Waals surface area contributed by atoms with Crippen LogP contribution in [0.25, 0.3) is 88.1 Å². The van der Waals surface area contributed by atoms with Gasteiger partial charge in [0.1, 0.15) is 23.0 Å². The molecule has 1 aliphatic carbocycles. The first-order valence-electron chi connectivity index (χ1n) is 48.0. The van der Waals surface area contributed by atoms with E-state index in [0.29, 0.717) is 122 Å². The summed E-state index contributed by atoms with van der Waals surface area (Å²) in [4.78, 5) is 117. The highest BCUT2D eigenvalue weighted by Gasteiger charge is 2.30. The molecule has 150 heavy (non-hydrogen) atoms. The van der Waals surface area contributed by atoms with Gasteiger partial charge in [0, 0.05) is 139 Å². The first-order chi connectivity index (χ1) is 72.9. The molecular weight excluding hydrogens is 1900 g/mol. The van der Waals surface area contributed by atoms with Gasteiger partial charge in [-0.15, -0.1) is 0 Å². The monoisotopic (exact) mass is 2000 g/mol. The molecule has 0 radical (unpaired) electrons. The Morgan fingerprint density at radius 1 is 0.327 bits per heavy atom. The third-order valence-electron chi connectivity index (χ3n) is 24.1. The van der Waals surface area contributed by atoms with Gasteiger partial charge in [-0.05, 0) is 228 Å². The highest BCUT2D eigenvalue weighted by Crippen LogP contribution is 2.37. The lowest BCUT2D eigenvalue weighted by Crippen LogP contribution is -2.36. The van der Waals surface area contributed by atoms with Crippen molar-refractivity contribution in [3.8, 4) is 91.0 Å². The number of nitrogens with one attached hydrogen (secondary N) is 10. The number of aromatic amines is 4. The first kappa shape index (κ1) is 99.1. The number of anilines is 7. The van der Waals surface area contributed by atoms with Crippen LogP contribution >= 0.6 is 0 Å². The second-order valence-electron chi connectivity index (χ2n) is 36.2. The van der Waals surface area contributed by atoms with Crippen molar-refractivity contribution in [3.05, 3.63) is 368 Å². The van der Waals surface area contributed by atoms with Crippen LogP contribution in [0.5, 0.6) is 46.5 Å². The smallest absolute Gasteiger partial charge is 0.321 e. The Morgan fingerprint density at radius 3 is 0.953 bits per heavy atom. The Bertz CT molecular complexity index is 8030. The van der Waals surface area contributed by atoms with Gasteiger partial charge in [0.05, 0.1) is 118 Å². The lowest BCUT2D eigenvalue weighted by molar-refractivity contribution is -0.117. The first-order valence-corrected chi connectivity index (χ1v) is 48.0. The molecule has 10 N–H and O–H groups in total. The van der Waals surface area contributed by atoms with Gasteiger partial charge in [0.25, 0.3) is 23.6 Å². The number of aromatic nitrogens is 16. The molecule has 20 aromatic rings. The normalized spacial score (nSPS) is 12.0. The minimum absolute atomic E-state index is 0.0254. The van der Waals surface area contributed by atoms with Gasteiger partial charge in [-0.1, -0.05) is 95.1 Å². The lowest BCUT2D eigenvalue weighted by atomic mass is 10.0. The highest BCUT2D eigenvalue weighted by molar-refractivity contribution is 6.15. The van der Waals surface area contributed by atoms with Crippen LogP contribution < -0.4 is 55.7 Å². The molecule has 2 fully saturated rings. The average Bonchev–Trinajstić information content (AvgIpc) is 1.61. The number of benzene rings is 8. The van der Waals surface area contributed by atoms with Gasteiger partial charge in [0.2, 0.25) is 29.4 Å². The van der Waals surface area contributed by atoms with Crippen molar-refractivity contribution in [1.82, 2.24) is 90.5 Å². The molecule has 1 saturated carbocycles. The van der Waals surface area contributed by atoms with Crippen LogP contribution in [-0.2, 0) is 16.1 Å². The minimum Gasteiger partial charge on any atom is -0.439 e. The van der Waals surface area contributed by atoms with Gasteiger partial charge in [-0.25, -0.2) is 24.7 Å². The summed E-state index contributed by atoms with van der Waals surface area (Å²) in [6.45, 7) is 11.9. The zero-order valence-corrected chi connectivity index (χ0v) is 82.7. The SMILES string of the molecule is Cc1ccc(Oc2ccc(NC(=O)c3n[nH]c4ccc(-c5cncc(CN(C)C)c5)cc34)cn2)cc1.Cc1ccc(Oc2ccc(NC(=O)c3n[nH]c4ccc(-c5cncc(N6CCOCC6)c5)cc34)cn2)cc1.Cc1ccc(Oc2ccc(NC(=O)c3n[nH]c4ccc(-c5cncc(NC(=O)C6CC6)c5)cc34)cn2)cc1.Cc1ccc(Oc2ccc(NC(=O)c3n[nH]c4ccc(-c5cncc(NC(=O)N(C)C)c5)cc34)cn2)cc1. The summed E-state index contributed by atoms with van der Waals surface area (Å²) in [5.41, 5.74) is 21.3. The van der Waals surface area contributed by atoms with Gasteiger partial charge >= 0.3 is 6.03 Å². The number of aryl methyl sites for hydroxylation is 4. The Kier molecular flexibility index (Phi) is 30.1. The topological polar surface area (TPSA) is 448 Å². The number of pyridine rings is 8. The molecule has 0 atom stereocenters. The maximum atomic E-state index is 13.1. The molecular formula is C114H101N25O11. The van der Waals surface area contributed by atoms with Crippen molar-refractivity contribution in [2.75, 3.05) is 91.3 Å². The Morgan fingerprint density at radius 2 is 0.640 bits per heavy atom. The Hall–Kier alpha value is -19.6. The zero-order chi connectivity index (χ0) is 104. The summed E-state index contributed by atoms with van der Waals surface area (Å²) in [5, 5.41) is 48.6. The predicted molar refractivity (Wildman–Crippen MR) is 576 cm³/mol. The standard InChI is InChI=1S/C29H26N6O3.C29H24N6O3.C28H25N7O3.C28H26N6O2/c1-19-2-6-24(7-3-19)38-27-9-5-22(17-31-27)32-29(36)28-25-15-20(4-8-26(25)33-34-28)21-14-23(18-30-16-21)35-10-12-37-13-11-35;1-17-2-8-23(9-3-17)38-26-11-7-21(16-31-26)32-29(37)27-24-13-19(6-10-25(24)34-35-27)20-12-22(15-30-14-20)33-28(36)18-4-5-18;1-17-4-8-22(9-5-17)38-25-11-7-20(16-30-25)31-27(36)26-23-13-18(6-10-24(23)33-34-26)19-12-21(15-29-14-19)32-28(37)35(2)3;1-18-4-8-23(9-5-18)36-26-11-7-22(16-30-26)31-28(35)27-24-13-20(6-10-25(24)32-33-27)21-12-19(14-29-15-21)17-34(2)3/h2-9,14-18H,10-13H2,1H3,(H,32,36)(H,33,34);2-3,6-16,18H,4-5H2,1H3,(H,32,37)(H,33,36)(H,34,35);4-16H,1-3H3,(H,31,36)(H,32,37)(H,33,34);4-16H,17H2,1-3H3,(H,31,35)(H,32,33). The largest absolute Gasteiger partial charge is 0.439 e. The summed E-state index contributed by atoms with van der Waals surface area (Å²) in [7, 11) is 7.37. The molecule has 13 heterocycles. The van der Waals surface area contributed by atoms with Crippen molar-refractivity contribution in [1.29, 1.82) is 0 Å². The number of carbonyl (C=O) groups is 6. The molecule has 8 aromatic carbocycles. The molecule has 2 aliphatic rings. The predicted octanol–water partition coefficient (Wildman–Crippen LogP) is 21.8. The van der Waals surface area contributed by atoms with Crippen LogP contribution in [0.4, 0.5) is 44.6 Å². The van der Waals surface area contributed by atoms with Gasteiger partial charge < -0.3 is 70.3 Å². The van der Waals surface area contributed by atoms with Crippen LogP contribution in [0.1, 0.15) is 82.6 Å². The average molecular weight is 2000 g/mol. The van der Waals surface area contributed by atoms with E-state index in [-0.39, 0.29) is 52.9 Å². The van der Waals surface area contributed by atoms with E-state index in [1.165, 1.54) is 17.3 Å². The molecule has 7 amide bonds. The molecule has 1 aliphatic heterocycles. The van der Waals surface area contributed by atoms with Crippen molar-refractivity contribution in [3.63, 3.8) is 0 Å². The van der Waals surface area contributed by atoms with Crippen LogP contribution in [0.15, 0.2) is 317 Å². The Labute approximate surface area is 860 Å². The number of ether oxygens (including phenoxy) is 5. The van der Waals surface area contributed by atoms with E-state index in [1.807, 2.05) is 249 Å². The molecule has 748 valence electrons. The number of nitrogens with zero attached hydrogens (tertiary/aromatic N) is 15. The summed E-state index contributed by atoms with van der Waals surface area (Å²) in [6.07, 6.45) is 22.1. The van der Waals surface area contributed by atoms with Crippen molar-refractivity contribution in [2.24, 2.45) is 5.92 Å². The van der Waals surface area contributed by atoms with Crippen LogP contribution in [-0.4, -0.2) is 181 Å². The number of morpholine rings is 1. The van der Waals surface area contributed by atoms with Gasteiger partial charge in [0.15, 0.2) is 22.8 Å².